The van der Waals surface area contributed by atoms with Gasteiger partial charge in [-0.05, 0) is 30.7 Å². The van der Waals surface area contributed by atoms with Crippen molar-refractivity contribution in [2.24, 2.45) is 5.92 Å². The minimum absolute atomic E-state index is 0.0913. The Morgan fingerprint density at radius 3 is 2.40 bits per heavy atom. The molecule has 1 saturated heterocycles. The Balaban J connectivity index is 2.10. The third-order valence-electron chi connectivity index (χ3n) is 3.71. The molecule has 0 aromatic heterocycles. The number of carbonyl (C=O) groups excluding carboxylic acids is 1. The average Bonchev–Trinajstić information content (AvgIpc) is 2.38. The highest BCUT2D eigenvalue weighted by molar-refractivity contribution is 5.97. The van der Waals surface area contributed by atoms with Crippen LogP contribution >= 0.6 is 0 Å². The van der Waals surface area contributed by atoms with Gasteiger partial charge in [0.05, 0.1) is 0 Å². The highest BCUT2D eigenvalue weighted by atomic mass is 16.2. The zero-order chi connectivity index (χ0) is 14.5. The van der Waals surface area contributed by atoms with E-state index in [0.29, 0.717) is 11.5 Å². The maximum Gasteiger partial charge on any atom is 0.254 e. The molecule has 0 saturated carbocycles. The van der Waals surface area contributed by atoms with Crippen LogP contribution in [0.15, 0.2) is 35.5 Å². The number of hydrogen-bond acceptors (Lipinski definition) is 2. The number of hydrogen-bond donors (Lipinski definition) is 0. The topological polar surface area (TPSA) is 23.6 Å². The first-order chi connectivity index (χ1) is 9.58. The van der Waals surface area contributed by atoms with Crippen LogP contribution in [0.3, 0.4) is 0 Å². The van der Waals surface area contributed by atoms with Crippen LogP contribution in [-0.4, -0.2) is 48.9 Å². The normalized spacial score (nSPS) is 23.9. The maximum absolute atomic E-state index is 12.5. The van der Waals surface area contributed by atoms with Crippen molar-refractivity contribution in [3.05, 3.63) is 35.5 Å². The first kappa shape index (κ1) is 14.6. The fourth-order valence-electron chi connectivity index (χ4n) is 2.21. The average molecular weight is 270 g/mol. The van der Waals surface area contributed by atoms with Crippen LogP contribution in [-0.2, 0) is 4.79 Å². The summed E-state index contributed by atoms with van der Waals surface area (Å²) in [6, 6.07) is 0. The Morgan fingerprint density at radius 1 is 1.10 bits per heavy atom. The fourth-order valence-corrected chi connectivity index (χ4v) is 2.21. The van der Waals surface area contributed by atoms with E-state index in [2.05, 4.69) is 37.6 Å². The Bertz CT molecular complexity index is 521. The summed E-state index contributed by atoms with van der Waals surface area (Å²) >= 11 is 0. The lowest BCUT2D eigenvalue weighted by atomic mass is 10.00. The zero-order valence-corrected chi connectivity index (χ0v) is 12.5. The highest BCUT2D eigenvalue weighted by Gasteiger charge is 2.20. The summed E-state index contributed by atoms with van der Waals surface area (Å²) in [7, 11) is 2.09. The Hall–Kier alpha value is -1.79. The molecule has 0 unspecified atom stereocenters. The molecule has 1 heterocycles. The Morgan fingerprint density at radius 2 is 1.75 bits per heavy atom. The molecule has 0 atom stereocenters. The van der Waals surface area contributed by atoms with Crippen molar-refractivity contribution >= 4 is 5.91 Å². The van der Waals surface area contributed by atoms with Crippen molar-refractivity contribution in [2.75, 3.05) is 33.2 Å². The molecule has 1 aliphatic heterocycles. The lowest BCUT2D eigenvalue weighted by Gasteiger charge is -2.32. The molecule has 2 aliphatic rings. The fraction of sp³-hybridized carbons (Fsp3) is 0.471. The summed E-state index contributed by atoms with van der Waals surface area (Å²) in [6.45, 7) is 7.72. The van der Waals surface area contributed by atoms with Crippen molar-refractivity contribution in [1.82, 2.24) is 9.80 Å². The molecule has 20 heavy (non-hydrogen) atoms. The minimum atomic E-state index is 0.0913. The molecule has 3 nitrogen and oxygen atoms in total. The molecule has 2 rings (SSSR count). The van der Waals surface area contributed by atoms with Crippen LogP contribution in [0.2, 0.25) is 0 Å². The molecule has 0 radical (unpaired) electrons. The molecule has 0 aromatic carbocycles. The third kappa shape index (κ3) is 3.61. The van der Waals surface area contributed by atoms with Crippen LogP contribution in [0.1, 0.15) is 13.8 Å². The molecule has 3 heteroatoms. The van der Waals surface area contributed by atoms with Crippen molar-refractivity contribution < 1.29 is 4.79 Å². The van der Waals surface area contributed by atoms with E-state index in [-0.39, 0.29) is 5.91 Å². The van der Waals surface area contributed by atoms with Crippen molar-refractivity contribution in [1.29, 1.82) is 0 Å². The van der Waals surface area contributed by atoms with Crippen LogP contribution in [0.5, 0.6) is 0 Å². The summed E-state index contributed by atoms with van der Waals surface area (Å²) in [5.74, 6) is 6.45. The summed E-state index contributed by atoms with van der Waals surface area (Å²) in [5, 5.41) is 0. The van der Waals surface area contributed by atoms with Crippen LogP contribution < -0.4 is 0 Å². The van der Waals surface area contributed by atoms with E-state index in [4.69, 9.17) is 0 Å². The second kappa shape index (κ2) is 6.58. The molecule has 0 bridgehead atoms. The summed E-state index contributed by atoms with van der Waals surface area (Å²) in [6.07, 6.45) is 7.57. The first-order valence-corrected chi connectivity index (χ1v) is 7.15. The number of carbonyl (C=O) groups is 1. The van der Waals surface area contributed by atoms with E-state index in [1.165, 1.54) is 0 Å². The Labute approximate surface area is 121 Å². The van der Waals surface area contributed by atoms with Crippen molar-refractivity contribution in [2.45, 2.75) is 13.8 Å². The van der Waals surface area contributed by atoms with Crippen molar-refractivity contribution in [3.63, 3.8) is 0 Å². The number of allylic oxidation sites excluding steroid dienone is 4. The third-order valence-corrected chi connectivity index (χ3v) is 3.71. The SMILES string of the molecule is CC(C)C1=C/C#CC=C(C(=O)N2CCN(C)CC2)/C=C\1. The first-order valence-electron chi connectivity index (χ1n) is 7.15. The molecule has 0 spiro atoms. The molecule has 1 aliphatic carbocycles. The zero-order valence-electron chi connectivity index (χ0n) is 12.5. The van der Waals surface area contributed by atoms with Gasteiger partial charge in [0, 0.05) is 37.8 Å². The van der Waals surface area contributed by atoms with E-state index in [1.54, 1.807) is 6.08 Å². The number of nitrogens with zero attached hydrogens (tertiary/aromatic N) is 2. The van der Waals surface area contributed by atoms with E-state index in [0.717, 1.165) is 31.8 Å². The second-order valence-corrected chi connectivity index (χ2v) is 5.62. The van der Waals surface area contributed by atoms with E-state index in [9.17, 15) is 4.79 Å². The van der Waals surface area contributed by atoms with Gasteiger partial charge in [0.15, 0.2) is 0 Å². The predicted octanol–water partition coefficient (Wildman–Crippen LogP) is 1.84. The molecular weight excluding hydrogens is 248 g/mol. The molecule has 1 amide bonds. The van der Waals surface area contributed by atoms with Gasteiger partial charge in [-0.1, -0.05) is 31.8 Å². The number of likely N-dealkylation sites (N-methyl/N-ethyl adjacent to an activating group) is 1. The molecule has 106 valence electrons. The monoisotopic (exact) mass is 270 g/mol. The lowest BCUT2D eigenvalue weighted by Crippen LogP contribution is -2.47. The van der Waals surface area contributed by atoms with Gasteiger partial charge in [-0.15, -0.1) is 0 Å². The van der Waals surface area contributed by atoms with Gasteiger partial charge in [0.25, 0.3) is 5.91 Å². The van der Waals surface area contributed by atoms with Crippen LogP contribution in [0.25, 0.3) is 0 Å². The van der Waals surface area contributed by atoms with Gasteiger partial charge in [-0.3, -0.25) is 4.79 Å². The largest absolute Gasteiger partial charge is 0.336 e. The lowest BCUT2D eigenvalue weighted by molar-refractivity contribution is -0.128. The number of rotatable bonds is 2. The van der Waals surface area contributed by atoms with Gasteiger partial charge in [0.1, 0.15) is 0 Å². The van der Waals surface area contributed by atoms with E-state index in [1.807, 2.05) is 23.1 Å². The molecular formula is C17H22N2O. The maximum atomic E-state index is 12.5. The number of amides is 1. The standard InChI is InChI=1S/C17H22N2O/c1-14(2)15-6-4-5-7-16(9-8-15)17(20)19-12-10-18(3)11-13-19/h6-9,14H,10-13H2,1-3H3/b9-8-,15-6+,15-8?,16-7?,16-9?. The van der Waals surface area contributed by atoms with E-state index >= 15 is 0 Å². The highest BCUT2D eigenvalue weighted by Crippen LogP contribution is 2.15. The van der Waals surface area contributed by atoms with E-state index < -0.39 is 0 Å². The minimum Gasteiger partial charge on any atom is -0.336 e. The molecule has 0 N–H and O–H groups in total. The van der Waals surface area contributed by atoms with Gasteiger partial charge in [-0.25, -0.2) is 0 Å². The summed E-state index contributed by atoms with van der Waals surface area (Å²) < 4.78 is 0. The van der Waals surface area contributed by atoms with Gasteiger partial charge in [-0.2, -0.15) is 0 Å². The second-order valence-electron chi connectivity index (χ2n) is 5.62. The molecule has 0 aromatic rings. The van der Waals surface area contributed by atoms with Crippen LogP contribution in [0.4, 0.5) is 0 Å². The Kier molecular flexibility index (Phi) is 4.81. The summed E-state index contributed by atoms with van der Waals surface area (Å²) in [5.41, 5.74) is 1.85. The predicted molar refractivity (Wildman–Crippen MR) is 82.0 cm³/mol. The van der Waals surface area contributed by atoms with Crippen LogP contribution in [0, 0.1) is 17.8 Å². The van der Waals surface area contributed by atoms with Crippen molar-refractivity contribution in [3.8, 4) is 11.8 Å². The number of piperazine rings is 1. The summed E-state index contributed by atoms with van der Waals surface area (Å²) in [4.78, 5) is 16.7. The van der Waals surface area contributed by atoms with Gasteiger partial charge < -0.3 is 9.80 Å². The molecule has 1 fully saturated rings. The van der Waals surface area contributed by atoms with Gasteiger partial charge >= 0.3 is 0 Å². The quantitative estimate of drug-likeness (QED) is 0.715. The van der Waals surface area contributed by atoms with Gasteiger partial charge in [0.2, 0.25) is 0 Å². The smallest absolute Gasteiger partial charge is 0.254 e.